The second-order valence-electron chi connectivity index (χ2n) is 8.55. The van der Waals surface area contributed by atoms with E-state index in [9.17, 15) is 26.7 Å². The zero-order valence-corrected chi connectivity index (χ0v) is 16.6. The minimum Gasteiger partial charge on any atom is -0.476 e. The first-order valence-electron chi connectivity index (χ1n) is 10.2. The van der Waals surface area contributed by atoms with E-state index in [1.165, 1.54) is 21.9 Å². The largest absolute Gasteiger partial charge is 0.476 e. The lowest BCUT2D eigenvalue weighted by Gasteiger charge is -2.40. The van der Waals surface area contributed by atoms with Crippen LogP contribution in [0.25, 0.3) is 0 Å². The summed E-state index contributed by atoms with van der Waals surface area (Å²) >= 11 is 0. The smallest absolute Gasteiger partial charge is 0.391 e. The monoisotopic (exact) mass is 433 g/mol. The van der Waals surface area contributed by atoms with Crippen molar-refractivity contribution < 1.29 is 31.5 Å². The van der Waals surface area contributed by atoms with Crippen LogP contribution >= 0.6 is 0 Å². The highest BCUT2D eigenvalue weighted by Crippen LogP contribution is 2.49. The standard InChI is InChI=1S/C20H24F5N3O2/c1-2-28(18(7-8-18)10-20(23,24)25)17(29)14-5-6-15(27-11-19(21,22)12-27)16(26-14)30-9-13-3-4-13/h5-6,13H,2-4,7-12H2,1H3. The second kappa shape index (κ2) is 7.23. The average molecular weight is 433 g/mol. The fraction of sp³-hybridized carbons (Fsp3) is 0.700. The van der Waals surface area contributed by atoms with E-state index in [1.807, 2.05) is 0 Å². The zero-order chi connectivity index (χ0) is 21.7. The fourth-order valence-corrected chi connectivity index (χ4v) is 3.96. The number of amides is 1. The number of aromatic nitrogens is 1. The third kappa shape index (κ3) is 4.46. The van der Waals surface area contributed by atoms with Gasteiger partial charge in [-0.2, -0.15) is 13.2 Å². The maximum atomic E-state index is 13.3. The molecule has 0 radical (unpaired) electrons. The van der Waals surface area contributed by atoms with Gasteiger partial charge in [-0.25, -0.2) is 13.8 Å². The molecule has 1 amide bonds. The number of pyridine rings is 1. The summed E-state index contributed by atoms with van der Waals surface area (Å²) in [5.41, 5.74) is -0.886. The SMILES string of the molecule is CCN(C(=O)c1ccc(N2CC(F)(F)C2)c(OCC2CC2)n1)C1(CC(F)(F)F)CC1. The third-order valence-electron chi connectivity index (χ3n) is 5.89. The lowest BCUT2D eigenvalue weighted by molar-refractivity contribution is -0.148. The summed E-state index contributed by atoms with van der Waals surface area (Å²) in [5.74, 6) is -2.92. The lowest BCUT2D eigenvalue weighted by atomic mass is 10.1. The van der Waals surface area contributed by atoms with Gasteiger partial charge >= 0.3 is 6.18 Å². The van der Waals surface area contributed by atoms with Crippen LogP contribution < -0.4 is 9.64 Å². The van der Waals surface area contributed by atoms with E-state index < -0.39 is 43.1 Å². The number of halogens is 5. The second-order valence-corrected chi connectivity index (χ2v) is 8.55. The fourth-order valence-electron chi connectivity index (χ4n) is 3.96. The quantitative estimate of drug-likeness (QED) is 0.575. The maximum absolute atomic E-state index is 13.3. The molecule has 4 rings (SSSR count). The molecule has 2 heterocycles. The molecule has 166 valence electrons. The Hall–Kier alpha value is -2.13. The number of carbonyl (C=O) groups excluding carboxylic acids is 1. The molecular formula is C20H24F5N3O2. The van der Waals surface area contributed by atoms with Crippen LogP contribution in [0.1, 0.15) is 49.5 Å². The predicted molar refractivity (Wildman–Crippen MR) is 99.0 cm³/mol. The first-order valence-corrected chi connectivity index (χ1v) is 10.2. The van der Waals surface area contributed by atoms with E-state index in [0.29, 0.717) is 18.2 Å². The Bertz CT molecular complexity index is 813. The van der Waals surface area contributed by atoms with Crippen molar-refractivity contribution in [1.82, 2.24) is 9.88 Å². The van der Waals surface area contributed by atoms with E-state index in [4.69, 9.17) is 4.74 Å². The molecular weight excluding hydrogens is 409 g/mol. The molecule has 0 aromatic carbocycles. The van der Waals surface area contributed by atoms with Crippen LogP contribution in [0, 0.1) is 5.92 Å². The highest BCUT2D eigenvalue weighted by molar-refractivity contribution is 5.93. The molecule has 0 atom stereocenters. The summed E-state index contributed by atoms with van der Waals surface area (Å²) in [6, 6.07) is 2.87. The Morgan fingerprint density at radius 1 is 1.27 bits per heavy atom. The highest BCUT2D eigenvalue weighted by Gasteiger charge is 2.56. The van der Waals surface area contributed by atoms with Gasteiger partial charge in [0.2, 0.25) is 5.88 Å². The van der Waals surface area contributed by atoms with Crippen molar-refractivity contribution in [2.24, 2.45) is 5.92 Å². The Balaban J connectivity index is 1.56. The van der Waals surface area contributed by atoms with Gasteiger partial charge in [0.15, 0.2) is 0 Å². The highest BCUT2D eigenvalue weighted by atomic mass is 19.4. The van der Waals surface area contributed by atoms with Crippen molar-refractivity contribution in [3.05, 3.63) is 17.8 Å². The van der Waals surface area contributed by atoms with Crippen LogP contribution in [0.2, 0.25) is 0 Å². The van der Waals surface area contributed by atoms with E-state index in [1.54, 1.807) is 6.92 Å². The normalized spacial score (nSPS) is 21.7. The molecule has 0 unspecified atom stereocenters. The topological polar surface area (TPSA) is 45.7 Å². The van der Waals surface area contributed by atoms with Crippen molar-refractivity contribution in [3.8, 4) is 5.88 Å². The molecule has 1 aromatic heterocycles. The van der Waals surface area contributed by atoms with Gasteiger partial charge in [0.25, 0.3) is 11.8 Å². The molecule has 1 aromatic rings. The van der Waals surface area contributed by atoms with Crippen LogP contribution in [0.4, 0.5) is 27.6 Å². The van der Waals surface area contributed by atoms with Gasteiger partial charge in [0.1, 0.15) is 11.4 Å². The summed E-state index contributed by atoms with van der Waals surface area (Å²) in [7, 11) is 0. The molecule has 3 aliphatic rings. The summed E-state index contributed by atoms with van der Waals surface area (Å²) in [4.78, 5) is 19.9. The van der Waals surface area contributed by atoms with Gasteiger partial charge < -0.3 is 14.5 Å². The molecule has 0 spiro atoms. The molecule has 2 saturated carbocycles. The summed E-state index contributed by atoms with van der Waals surface area (Å²) in [5, 5.41) is 0. The molecule has 30 heavy (non-hydrogen) atoms. The van der Waals surface area contributed by atoms with Gasteiger partial charge in [-0.1, -0.05) is 0 Å². The Kier molecular flexibility index (Phi) is 5.09. The van der Waals surface area contributed by atoms with Gasteiger partial charge in [-0.05, 0) is 50.7 Å². The number of ether oxygens (including phenoxy) is 1. The first kappa shape index (κ1) is 21.1. The van der Waals surface area contributed by atoms with Crippen LogP contribution in [0.3, 0.4) is 0 Å². The third-order valence-corrected chi connectivity index (χ3v) is 5.89. The minimum atomic E-state index is -4.37. The van der Waals surface area contributed by atoms with E-state index in [0.717, 1.165) is 12.8 Å². The van der Waals surface area contributed by atoms with Crippen molar-refractivity contribution in [1.29, 1.82) is 0 Å². The van der Waals surface area contributed by atoms with Gasteiger partial charge in [0, 0.05) is 6.54 Å². The van der Waals surface area contributed by atoms with Gasteiger partial charge in [0.05, 0.1) is 31.7 Å². The number of rotatable bonds is 8. The van der Waals surface area contributed by atoms with E-state index in [2.05, 4.69) is 4.98 Å². The van der Waals surface area contributed by atoms with Crippen LogP contribution in [-0.4, -0.2) is 59.7 Å². The van der Waals surface area contributed by atoms with Gasteiger partial charge in [-0.15, -0.1) is 0 Å². The maximum Gasteiger partial charge on any atom is 0.391 e. The number of alkyl halides is 5. The molecule has 10 heteroatoms. The summed E-state index contributed by atoms with van der Waals surface area (Å²) in [6.45, 7) is 1.21. The van der Waals surface area contributed by atoms with E-state index in [-0.39, 0.29) is 31.0 Å². The minimum absolute atomic E-state index is 0.0351. The first-order chi connectivity index (χ1) is 14.0. The summed E-state index contributed by atoms with van der Waals surface area (Å²) < 4.78 is 71.4. The molecule has 3 fully saturated rings. The van der Waals surface area contributed by atoms with Crippen molar-refractivity contribution in [2.75, 3.05) is 31.1 Å². The number of anilines is 1. The van der Waals surface area contributed by atoms with Crippen molar-refractivity contribution in [3.63, 3.8) is 0 Å². The Morgan fingerprint density at radius 3 is 2.43 bits per heavy atom. The number of hydrogen-bond donors (Lipinski definition) is 0. The summed E-state index contributed by atoms with van der Waals surface area (Å²) in [6.07, 6.45) is -2.82. The molecule has 2 aliphatic carbocycles. The number of carbonyl (C=O) groups is 1. The van der Waals surface area contributed by atoms with Crippen LogP contribution in [0.15, 0.2) is 12.1 Å². The lowest BCUT2D eigenvalue weighted by Crippen LogP contribution is -2.56. The van der Waals surface area contributed by atoms with Crippen LogP contribution in [-0.2, 0) is 0 Å². The van der Waals surface area contributed by atoms with Gasteiger partial charge in [-0.3, -0.25) is 4.79 Å². The number of hydrogen-bond acceptors (Lipinski definition) is 4. The van der Waals surface area contributed by atoms with E-state index >= 15 is 0 Å². The average Bonchev–Trinajstić information content (AvgIpc) is 3.54. The van der Waals surface area contributed by atoms with Crippen molar-refractivity contribution >= 4 is 11.6 Å². The zero-order valence-electron chi connectivity index (χ0n) is 16.6. The molecule has 1 aliphatic heterocycles. The molecule has 1 saturated heterocycles. The van der Waals surface area contributed by atoms with Crippen LogP contribution in [0.5, 0.6) is 5.88 Å². The molecule has 5 nitrogen and oxygen atoms in total. The van der Waals surface area contributed by atoms with Crippen molar-refractivity contribution in [2.45, 2.75) is 56.7 Å². The number of nitrogens with zero attached hydrogens (tertiary/aromatic N) is 3. The molecule has 0 bridgehead atoms. The predicted octanol–water partition coefficient (Wildman–Crippen LogP) is 4.27. The Morgan fingerprint density at radius 2 is 1.93 bits per heavy atom. The molecule has 0 N–H and O–H groups in total. The Labute approximate surface area is 171 Å².